The molecule has 0 aromatic heterocycles. The van der Waals surface area contributed by atoms with Gasteiger partial charge in [0.05, 0.1) is 0 Å². The molecule has 4 nitrogen and oxygen atoms in total. The maximum Gasteiger partial charge on any atom is 0.412 e. The number of thioether (sulfide) groups is 1. The van der Waals surface area contributed by atoms with Crippen molar-refractivity contribution in [3.05, 3.63) is 29.3 Å². The third-order valence-electron chi connectivity index (χ3n) is 4.66. The molecule has 2 aliphatic rings. The standard InChI is InChI=1S/C19H28N2O2S/c1-12-16(9-10-24-12)21-17-8-5-13-11-14(6-7-15(13)17)20-18(22)23-19(2,3)4/h6-7,11-12,16-17,21H,5,8-10H2,1-4H3,(H,20,22). The van der Waals surface area contributed by atoms with E-state index in [-0.39, 0.29) is 0 Å². The van der Waals surface area contributed by atoms with Crippen LogP contribution in [0.3, 0.4) is 0 Å². The molecule has 1 aromatic rings. The highest BCUT2D eigenvalue weighted by atomic mass is 32.2. The molecule has 1 heterocycles. The predicted octanol–water partition coefficient (Wildman–Crippen LogP) is 4.50. The number of benzene rings is 1. The van der Waals surface area contributed by atoms with E-state index in [4.69, 9.17) is 4.74 Å². The highest BCUT2D eigenvalue weighted by Crippen LogP contribution is 2.36. The second-order valence-corrected chi connectivity index (χ2v) is 9.25. The first-order chi connectivity index (χ1) is 11.3. The Kier molecular flexibility index (Phi) is 5.11. The lowest BCUT2D eigenvalue weighted by Crippen LogP contribution is -2.35. The quantitative estimate of drug-likeness (QED) is 0.844. The largest absolute Gasteiger partial charge is 0.444 e. The van der Waals surface area contributed by atoms with E-state index in [1.54, 1.807) is 0 Å². The number of ether oxygens (including phenoxy) is 1. The van der Waals surface area contributed by atoms with Gasteiger partial charge in [-0.3, -0.25) is 5.32 Å². The van der Waals surface area contributed by atoms with Crippen LogP contribution in [0.15, 0.2) is 18.2 Å². The van der Waals surface area contributed by atoms with Gasteiger partial charge in [-0.25, -0.2) is 4.79 Å². The number of hydrogen-bond acceptors (Lipinski definition) is 4. The van der Waals surface area contributed by atoms with Gasteiger partial charge in [-0.15, -0.1) is 0 Å². The minimum absolute atomic E-state index is 0.396. The van der Waals surface area contributed by atoms with E-state index in [0.717, 1.165) is 18.5 Å². The van der Waals surface area contributed by atoms with Gasteiger partial charge in [0, 0.05) is 23.0 Å². The molecular weight excluding hydrogens is 320 g/mol. The monoisotopic (exact) mass is 348 g/mol. The fourth-order valence-electron chi connectivity index (χ4n) is 3.50. The fraction of sp³-hybridized carbons (Fsp3) is 0.632. The van der Waals surface area contributed by atoms with Crippen LogP contribution in [0.1, 0.15) is 57.7 Å². The second-order valence-electron chi connectivity index (χ2n) is 7.77. The van der Waals surface area contributed by atoms with Crippen molar-refractivity contribution in [2.24, 2.45) is 0 Å². The summed E-state index contributed by atoms with van der Waals surface area (Å²) in [4.78, 5) is 11.9. The smallest absolute Gasteiger partial charge is 0.412 e. The van der Waals surface area contributed by atoms with Crippen molar-refractivity contribution >= 4 is 23.5 Å². The first-order valence-electron chi connectivity index (χ1n) is 8.82. The molecule has 24 heavy (non-hydrogen) atoms. The summed E-state index contributed by atoms with van der Waals surface area (Å²) >= 11 is 2.06. The Morgan fingerprint density at radius 3 is 2.75 bits per heavy atom. The lowest BCUT2D eigenvalue weighted by atomic mass is 10.0. The number of carbonyl (C=O) groups is 1. The van der Waals surface area contributed by atoms with Gasteiger partial charge in [0.25, 0.3) is 0 Å². The lowest BCUT2D eigenvalue weighted by molar-refractivity contribution is 0.0636. The molecule has 3 unspecified atom stereocenters. The first kappa shape index (κ1) is 17.6. The minimum Gasteiger partial charge on any atom is -0.444 e. The molecule has 1 aliphatic carbocycles. The Morgan fingerprint density at radius 2 is 2.08 bits per heavy atom. The SMILES string of the molecule is CC1SCCC1NC1CCc2cc(NC(=O)OC(C)(C)C)ccc21. The number of anilines is 1. The first-order valence-corrected chi connectivity index (χ1v) is 9.87. The number of aryl methyl sites for hydroxylation is 1. The Balaban J connectivity index is 1.64. The molecule has 1 aromatic carbocycles. The van der Waals surface area contributed by atoms with Crippen LogP contribution in [-0.4, -0.2) is 28.7 Å². The number of nitrogens with one attached hydrogen (secondary N) is 2. The molecule has 2 N–H and O–H groups in total. The third kappa shape index (κ3) is 4.25. The zero-order chi connectivity index (χ0) is 17.3. The van der Waals surface area contributed by atoms with Crippen molar-refractivity contribution in [3.8, 4) is 0 Å². The molecule has 5 heteroatoms. The van der Waals surface area contributed by atoms with Crippen molar-refractivity contribution in [2.45, 2.75) is 69.9 Å². The average molecular weight is 349 g/mol. The van der Waals surface area contributed by atoms with Crippen molar-refractivity contribution < 1.29 is 9.53 Å². The molecule has 1 fully saturated rings. The van der Waals surface area contributed by atoms with Crippen LogP contribution < -0.4 is 10.6 Å². The van der Waals surface area contributed by atoms with E-state index < -0.39 is 11.7 Å². The molecule has 1 aliphatic heterocycles. The van der Waals surface area contributed by atoms with Crippen molar-refractivity contribution in [1.29, 1.82) is 0 Å². The van der Waals surface area contributed by atoms with Gasteiger partial charge >= 0.3 is 6.09 Å². The van der Waals surface area contributed by atoms with E-state index in [1.165, 1.54) is 23.3 Å². The number of hydrogen-bond donors (Lipinski definition) is 2. The molecule has 1 saturated heterocycles. The van der Waals surface area contributed by atoms with Gasteiger partial charge in [-0.2, -0.15) is 11.8 Å². The maximum atomic E-state index is 11.9. The Bertz CT molecular complexity index is 612. The molecule has 0 spiro atoms. The number of amides is 1. The van der Waals surface area contributed by atoms with Crippen LogP contribution in [-0.2, 0) is 11.2 Å². The second kappa shape index (κ2) is 6.96. The Labute approximate surface area is 149 Å². The van der Waals surface area contributed by atoms with Crippen LogP contribution in [0, 0.1) is 0 Å². The van der Waals surface area contributed by atoms with E-state index in [1.807, 2.05) is 26.8 Å². The van der Waals surface area contributed by atoms with E-state index in [2.05, 4.69) is 41.5 Å². The van der Waals surface area contributed by atoms with Crippen LogP contribution in [0.25, 0.3) is 0 Å². The van der Waals surface area contributed by atoms with Gasteiger partial charge in [0.2, 0.25) is 0 Å². The third-order valence-corrected chi connectivity index (χ3v) is 5.98. The zero-order valence-electron chi connectivity index (χ0n) is 15.0. The molecule has 0 bridgehead atoms. The van der Waals surface area contributed by atoms with Gasteiger partial charge < -0.3 is 10.1 Å². The van der Waals surface area contributed by atoms with E-state index in [0.29, 0.717) is 17.3 Å². The van der Waals surface area contributed by atoms with Gasteiger partial charge in [-0.1, -0.05) is 13.0 Å². The number of rotatable bonds is 3. The van der Waals surface area contributed by atoms with Crippen molar-refractivity contribution in [3.63, 3.8) is 0 Å². The summed E-state index contributed by atoms with van der Waals surface area (Å²) in [5.74, 6) is 1.26. The Hall–Kier alpha value is -1.20. The summed E-state index contributed by atoms with van der Waals surface area (Å²) in [6, 6.07) is 7.29. The summed E-state index contributed by atoms with van der Waals surface area (Å²) in [5.41, 5.74) is 3.05. The van der Waals surface area contributed by atoms with Crippen LogP contribution in [0.4, 0.5) is 10.5 Å². The highest BCUT2D eigenvalue weighted by Gasteiger charge is 2.30. The summed E-state index contributed by atoms with van der Waals surface area (Å²) < 4.78 is 5.32. The highest BCUT2D eigenvalue weighted by molar-refractivity contribution is 8.00. The maximum absolute atomic E-state index is 11.9. The molecule has 132 valence electrons. The minimum atomic E-state index is -0.480. The molecule has 3 atom stereocenters. The average Bonchev–Trinajstić information content (AvgIpc) is 3.04. The molecule has 0 saturated carbocycles. The summed E-state index contributed by atoms with van der Waals surface area (Å²) in [6.07, 6.45) is 3.06. The summed E-state index contributed by atoms with van der Waals surface area (Å²) in [6.45, 7) is 7.93. The molecule has 0 radical (unpaired) electrons. The topological polar surface area (TPSA) is 50.4 Å². The van der Waals surface area contributed by atoms with Gasteiger partial charge in [0.15, 0.2) is 0 Å². The fourth-order valence-corrected chi connectivity index (χ4v) is 4.71. The van der Waals surface area contributed by atoms with Crippen molar-refractivity contribution in [1.82, 2.24) is 5.32 Å². The Morgan fingerprint density at radius 1 is 1.29 bits per heavy atom. The van der Waals surface area contributed by atoms with E-state index >= 15 is 0 Å². The zero-order valence-corrected chi connectivity index (χ0v) is 15.8. The summed E-state index contributed by atoms with van der Waals surface area (Å²) in [7, 11) is 0. The van der Waals surface area contributed by atoms with Crippen molar-refractivity contribution in [2.75, 3.05) is 11.1 Å². The number of fused-ring (bicyclic) bond motifs is 1. The van der Waals surface area contributed by atoms with Crippen LogP contribution >= 0.6 is 11.8 Å². The lowest BCUT2D eigenvalue weighted by Gasteiger charge is -2.23. The van der Waals surface area contributed by atoms with Gasteiger partial charge in [-0.05, 0) is 69.0 Å². The number of carbonyl (C=O) groups excluding carboxylic acids is 1. The molecular formula is C19H28N2O2S. The van der Waals surface area contributed by atoms with Crippen LogP contribution in [0.2, 0.25) is 0 Å². The van der Waals surface area contributed by atoms with E-state index in [9.17, 15) is 4.79 Å². The molecule has 1 amide bonds. The van der Waals surface area contributed by atoms with Gasteiger partial charge in [0.1, 0.15) is 5.60 Å². The predicted molar refractivity (Wildman–Crippen MR) is 101 cm³/mol. The van der Waals surface area contributed by atoms with Crippen LogP contribution in [0.5, 0.6) is 0 Å². The normalized spacial score (nSPS) is 26.2. The summed E-state index contributed by atoms with van der Waals surface area (Å²) in [5, 5.41) is 7.38. The molecule has 3 rings (SSSR count).